The number of carbonyl (C=O) groups excluding carboxylic acids is 4. The molecule has 0 radical (unpaired) electrons. The van der Waals surface area contributed by atoms with Gasteiger partial charge in [0.05, 0.1) is 41.9 Å². The second-order valence-electron chi connectivity index (χ2n) is 16.9. The standard InChI is InChI=1S/C41H50F4N8O4/c1-21(46-5)38(55)50-34(22-6-7-22)39(56)52-18-26(45)13-28(52)19-53-33-11-9-24(43)15-32(33)49-37(53)35-30(29-10-8-23(42)14-31(29)48-35)16-27-12-25(44)17-51(27)40(57)36(47-20-54)41(2,3)4/h8-11,14-15,20-22,25-28,34,36,46,48H,6-7,12-13,16-19H2,1-5H3,(H,47,54)(H,50,55). The Balaban J connectivity index is 1.29. The lowest BCUT2D eigenvalue weighted by Gasteiger charge is -2.35. The van der Waals surface area contributed by atoms with E-state index in [1.807, 2.05) is 0 Å². The van der Waals surface area contributed by atoms with E-state index in [9.17, 15) is 28.0 Å². The van der Waals surface area contributed by atoms with Crippen LogP contribution in [0.3, 0.4) is 0 Å². The molecule has 2 aliphatic heterocycles. The summed E-state index contributed by atoms with van der Waals surface area (Å²) in [6.45, 7) is 6.82. The molecule has 0 bridgehead atoms. The van der Waals surface area contributed by atoms with E-state index in [1.54, 1.807) is 51.4 Å². The first kappa shape index (κ1) is 40.2. The maximum absolute atomic E-state index is 15.4. The van der Waals surface area contributed by atoms with Crippen molar-refractivity contribution >= 4 is 46.1 Å². The van der Waals surface area contributed by atoms with Crippen LogP contribution in [0.4, 0.5) is 17.6 Å². The lowest BCUT2D eigenvalue weighted by molar-refractivity contribution is -0.138. The van der Waals surface area contributed by atoms with E-state index in [2.05, 4.69) is 20.9 Å². The Hall–Kier alpha value is -4.99. The number of H-pyrrole nitrogens is 1. The highest BCUT2D eigenvalue weighted by atomic mass is 19.1. The molecular formula is C41H50F4N8O4. The number of rotatable bonds is 13. The van der Waals surface area contributed by atoms with Crippen molar-refractivity contribution in [3.05, 3.63) is 53.6 Å². The van der Waals surface area contributed by atoms with E-state index < -0.39 is 65.5 Å². The molecule has 4 N–H and O–H groups in total. The summed E-state index contributed by atoms with van der Waals surface area (Å²) in [6.07, 6.45) is -0.550. The molecule has 4 aromatic rings. The van der Waals surface area contributed by atoms with Gasteiger partial charge in [-0.05, 0) is 80.5 Å². The fourth-order valence-corrected chi connectivity index (χ4v) is 8.51. The van der Waals surface area contributed by atoms with Crippen LogP contribution in [-0.4, -0.2) is 111 Å². The van der Waals surface area contributed by atoms with Crippen LogP contribution in [0.15, 0.2) is 36.4 Å². The summed E-state index contributed by atoms with van der Waals surface area (Å²) in [7, 11) is 1.65. The molecule has 57 heavy (non-hydrogen) atoms. The molecule has 12 nitrogen and oxygen atoms in total. The number of likely N-dealkylation sites (tertiary alicyclic amines) is 2. The van der Waals surface area contributed by atoms with Crippen molar-refractivity contribution in [2.75, 3.05) is 20.1 Å². The normalized spacial score (nSPS) is 22.9. The molecule has 1 saturated carbocycles. The van der Waals surface area contributed by atoms with E-state index in [0.29, 0.717) is 39.9 Å². The summed E-state index contributed by atoms with van der Waals surface area (Å²) < 4.78 is 62.0. The monoisotopic (exact) mass is 794 g/mol. The zero-order valence-corrected chi connectivity index (χ0v) is 32.8. The smallest absolute Gasteiger partial charge is 0.246 e. The van der Waals surface area contributed by atoms with Crippen LogP contribution >= 0.6 is 0 Å². The molecule has 4 amide bonds. The van der Waals surface area contributed by atoms with E-state index in [4.69, 9.17) is 4.98 Å². The number of halogens is 4. The van der Waals surface area contributed by atoms with Crippen molar-refractivity contribution in [3.8, 4) is 11.5 Å². The van der Waals surface area contributed by atoms with Gasteiger partial charge in [0.15, 0.2) is 5.82 Å². The summed E-state index contributed by atoms with van der Waals surface area (Å²) in [6, 6.07) is 4.72. The molecule has 2 aromatic heterocycles. The third-order valence-corrected chi connectivity index (χ3v) is 11.8. The van der Waals surface area contributed by atoms with E-state index in [1.165, 1.54) is 34.1 Å². The average Bonchev–Trinajstić information content (AvgIpc) is 3.52. The van der Waals surface area contributed by atoms with Crippen molar-refractivity contribution in [1.29, 1.82) is 0 Å². The fourth-order valence-electron chi connectivity index (χ4n) is 8.51. The number of nitrogens with one attached hydrogen (secondary N) is 4. The second-order valence-corrected chi connectivity index (χ2v) is 16.9. The summed E-state index contributed by atoms with van der Waals surface area (Å²) in [4.78, 5) is 63.7. The molecule has 1 aliphatic carbocycles. The minimum atomic E-state index is -1.34. The number of alkyl halides is 2. The molecule has 7 atom stereocenters. The van der Waals surface area contributed by atoms with Gasteiger partial charge in [0.2, 0.25) is 24.1 Å². The van der Waals surface area contributed by atoms with Gasteiger partial charge in [0, 0.05) is 42.4 Å². The summed E-state index contributed by atoms with van der Waals surface area (Å²) >= 11 is 0. The van der Waals surface area contributed by atoms with E-state index >= 15 is 8.78 Å². The second kappa shape index (κ2) is 15.7. The van der Waals surface area contributed by atoms with Gasteiger partial charge < -0.3 is 35.3 Å². The van der Waals surface area contributed by atoms with Crippen LogP contribution in [0.2, 0.25) is 0 Å². The number of hydrogen-bond acceptors (Lipinski definition) is 6. The van der Waals surface area contributed by atoms with Gasteiger partial charge in [0.25, 0.3) is 0 Å². The molecule has 0 spiro atoms. The Morgan fingerprint density at radius 3 is 2.26 bits per heavy atom. The first-order chi connectivity index (χ1) is 27.1. The average molecular weight is 795 g/mol. The maximum Gasteiger partial charge on any atom is 0.246 e. The summed E-state index contributed by atoms with van der Waals surface area (Å²) in [5.74, 6) is -1.95. The first-order valence-corrected chi connectivity index (χ1v) is 19.6. The third-order valence-electron chi connectivity index (χ3n) is 11.8. The highest BCUT2D eigenvalue weighted by molar-refractivity contribution is 5.93. The third kappa shape index (κ3) is 8.10. The quantitative estimate of drug-likeness (QED) is 0.116. The fraction of sp³-hybridized carbons (Fsp3) is 0.537. The molecule has 16 heteroatoms. The summed E-state index contributed by atoms with van der Waals surface area (Å²) in [5.41, 5.74) is 1.54. The number of amides is 4. The van der Waals surface area contributed by atoms with Crippen molar-refractivity contribution in [1.82, 2.24) is 40.3 Å². The van der Waals surface area contributed by atoms with Crippen LogP contribution in [0, 0.1) is 23.0 Å². The number of imidazole rings is 1. The number of aromatic nitrogens is 3. The molecule has 3 aliphatic rings. The van der Waals surface area contributed by atoms with Gasteiger partial charge in [-0.15, -0.1) is 0 Å². The van der Waals surface area contributed by atoms with Gasteiger partial charge in [0.1, 0.15) is 36.1 Å². The minimum absolute atomic E-state index is 0.00979. The van der Waals surface area contributed by atoms with Gasteiger partial charge in [-0.3, -0.25) is 19.2 Å². The van der Waals surface area contributed by atoms with Gasteiger partial charge in [-0.25, -0.2) is 22.5 Å². The van der Waals surface area contributed by atoms with Crippen molar-refractivity contribution in [3.63, 3.8) is 0 Å². The molecular weight excluding hydrogens is 744 g/mol. The zero-order valence-electron chi connectivity index (χ0n) is 32.8. The van der Waals surface area contributed by atoms with Crippen LogP contribution in [0.1, 0.15) is 58.9 Å². The SMILES string of the molecule is CNC(C)C(=O)NC(C(=O)N1CC(F)CC1Cn1c(-c2[nH]c3cc(F)ccc3c2CC2CC(F)CN2C(=O)C(NC=O)C(C)(C)C)nc2cc(F)ccc21)C1CC1. The van der Waals surface area contributed by atoms with Gasteiger partial charge in [-0.1, -0.05) is 20.8 Å². The lowest BCUT2D eigenvalue weighted by Crippen LogP contribution is -2.54. The highest BCUT2D eigenvalue weighted by Crippen LogP contribution is 2.39. The lowest BCUT2D eigenvalue weighted by atomic mass is 9.85. The number of likely N-dealkylation sites (N-methyl/N-ethyl adjacent to an activating group) is 1. The Kier molecular flexibility index (Phi) is 11.1. The Morgan fingerprint density at radius 1 is 0.965 bits per heavy atom. The van der Waals surface area contributed by atoms with Crippen molar-refractivity contribution < 1.29 is 36.7 Å². The largest absolute Gasteiger partial charge is 0.352 e. The van der Waals surface area contributed by atoms with Gasteiger partial charge in [-0.2, -0.15) is 0 Å². The van der Waals surface area contributed by atoms with Crippen molar-refractivity contribution in [2.24, 2.45) is 11.3 Å². The molecule has 2 aromatic carbocycles. The Bertz CT molecular complexity index is 2180. The molecule has 7 unspecified atom stereocenters. The molecule has 3 fully saturated rings. The minimum Gasteiger partial charge on any atom is -0.352 e. The first-order valence-electron chi connectivity index (χ1n) is 19.6. The van der Waals surface area contributed by atoms with Crippen LogP contribution in [0.5, 0.6) is 0 Å². The predicted octanol–water partition coefficient (Wildman–Crippen LogP) is 4.55. The number of nitrogens with zero attached hydrogens (tertiary/aromatic N) is 4. The Morgan fingerprint density at radius 2 is 1.61 bits per heavy atom. The Labute approximate surface area is 328 Å². The molecule has 4 heterocycles. The maximum atomic E-state index is 15.4. The topological polar surface area (TPSA) is 144 Å². The number of aromatic amines is 1. The zero-order chi connectivity index (χ0) is 40.9. The van der Waals surface area contributed by atoms with Gasteiger partial charge >= 0.3 is 0 Å². The number of benzene rings is 2. The van der Waals surface area contributed by atoms with E-state index in [0.717, 1.165) is 12.8 Å². The molecule has 2 saturated heterocycles. The van der Waals surface area contributed by atoms with Crippen molar-refractivity contribution in [2.45, 2.75) is 109 Å². The van der Waals surface area contributed by atoms with Crippen LogP contribution < -0.4 is 16.0 Å². The van der Waals surface area contributed by atoms with Crippen LogP contribution in [-0.2, 0) is 32.1 Å². The number of carbonyl (C=O) groups is 4. The predicted molar refractivity (Wildman–Crippen MR) is 206 cm³/mol. The van der Waals surface area contributed by atoms with Crippen LogP contribution in [0.25, 0.3) is 33.5 Å². The highest BCUT2D eigenvalue weighted by Gasteiger charge is 2.46. The molecule has 7 rings (SSSR count). The number of hydrogen-bond donors (Lipinski definition) is 4. The summed E-state index contributed by atoms with van der Waals surface area (Å²) in [5, 5.41) is 8.98. The number of fused-ring (bicyclic) bond motifs is 2. The molecule has 306 valence electrons. The van der Waals surface area contributed by atoms with E-state index in [-0.39, 0.29) is 62.1 Å².